The standard InChI is InChI=1S/C20H23N5O3/c26-20(24-11-8-22-14-19(24)16-4-3-7-21-13-16)15-5-6-17(18(12-15)25(27)28)23-9-1-2-10-23/h3-7,12-13,19,22H,1-2,8-11,14H2. The van der Waals surface area contributed by atoms with Crippen molar-refractivity contribution in [3.8, 4) is 0 Å². The number of aromatic nitrogens is 1. The Balaban J connectivity index is 1.64. The lowest BCUT2D eigenvalue weighted by molar-refractivity contribution is -0.384. The van der Waals surface area contributed by atoms with Gasteiger partial charge in [-0.3, -0.25) is 19.9 Å². The molecule has 0 saturated carbocycles. The number of nitrogens with zero attached hydrogens (tertiary/aromatic N) is 4. The highest BCUT2D eigenvalue weighted by Gasteiger charge is 2.31. The number of pyridine rings is 1. The summed E-state index contributed by atoms with van der Waals surface area (Å²) < 4.78 is 0. The molecule has 0 bridgehead atoms. The molecule has 1 N–H and O–H groups in total. The van der Waals surface area contributed by atoms with E-state index >= 15 is 0 Å². The van der Waals surface area contributed by atoms with Crippen molar-refractivity contribution in [3.05, 3.63) is 64.0 Å². The Morgan fingerprint density at radius 3 is 2.75 bits per heavy atom. The van der Waals surface area contributed by atoms with E-state index in [2.05, 4.69) is 10.3 Å². The number of carbonyl (C=O) groups is 1. The molecule has 1 amide bonds. The summed E-state index contributed by atoms with van der Waals surface area (Å²) in [7, 11) is 0. The van der Waals surface area contributed by atoms with Crippen LogP contribution < -0.4 is 10.2 Å². The second-order valence-electron chi connectivity index (χ2n) is 7.16. The van der Waals surface area contributed by atoms with E-state index in [-0.39, 0.29) is 22.6 Å². The molecule has 146 valence electrons. The fraction of sp³-hybridized carbons (Fsp3) is 0.400. The number of nitrogens with one attached hydrogen (secondary N) is 1. The number of rotatable bonds is 4. The average Bonchev–Trinajstić information content (AvgIpc) is 3.28. The number of anilines is 1. The number of piperazine rings is 1. The van der Waals surface area contributed by atoms with E-state index in [1.807, 2.05) is 17.0 Å². The smallest absolute Gasteiger partial charge is 0.293 e. The number of hydrogen-bond donors (Lipinski definition) is 1. The fourth-order valence-electron chi connectivity index (χ4n) is 4.01. The van der Waals surface area contributed by atoms with Gasteiger partial charge in [-0.1, -0.05) is 6.07 Å². The molecule has 0 radical (unpaired) electrons. The van der Waals surface area contributed by atoms with Gasteiger partial charge in [0.1, 0.15) is 5.69 Å². The summed E-state index contributed by atoms with van der Waals surface area (Å²) in [4.78, 5) is 32.5. The van der Waals surface area contributed by atoms with Gasteiger partial charge in [-0.2, -0.15) is 0 Å². The first-order chi connectivity index (χ1) is 13.6. The van der Waals surface area contributed by atoms with Crippen LogP contribution in [0.25, 0.3) is 0 Å². The van der Waals surface area contributed by atoms with Crippen LogP contribution in [0.1, 0.15) is 34.8 Å². The number of hydrogen-bond acceptors (Lipinski definition) is 6. The van der Waals surface area contributed by atoms with Crippen LogP contribution in [0.5, 0.6) is 0 Å². The van der Waals surface area contributed by atoms with E-state index in [1.54, 1.807) is 29.4 Å². The lowest BCUT2D eigenvalue weighted by atomic mass is 10.0. The number of nitro groups is 1. The third kappa shape index (κ3) is 3.55. The Hall–Kier alpha value is -3.00. The molecule has 1 aromatic heterocycles. The zero-order valence-electron chi connectivity index (χ0n) is 15.6. The van der Waals surface area contributed by atoms with Gasteiger partial charge in [-0.05, 0) is 36.6 Å². The maximum Gasteiger partial charge on any atom is 0.293 e. The van der Waals surface area contributed by atoms with E-state index in [9.17, 15) is 14.9 Å². The van der Waals surface area contributed by atoms with Crippen LogP contribution in [-0.4, -0.2) is 53.4 Å². The quantitative estimate of drug-likeness (QED) is 0.646. The van der Waals surface area contributed by atoms with E-state index in [0.717, 1.165) is 31.5 Å². The van der Waals surface area contributed by atoms with Gasteiger partial charge in [0.25, 0.3) is 11.6 Å². The number of amides is 1. The summed E-state index contributed by atoms with van der Waals surface area (Å²) in [6.07, 6.45) is 5.53. The van der Waals surface area contributed by atoms with Crippen molar-refractivity contribution in [1.29, 1.82) is 0 Å². The predicted molar refractivity (Wildman–Crippen MR) is 105 cm³/mol. The number of carbonyl (C=O) groups excluding carboxylic acids is 1. The van der Waals surface area contributed by atoms with Gasteiger partial charge >= 0.3 is 0 Å². The van der Waals surface area contributed by atoms with Crippen molar-refractivity contribution in [2.45, 2.75) is 18.9 Å². The Bertz CT molecular complexity index is 867. The molecule has 8 nitrogen and oxygen atoms in total. The highest BCUT2D eigenvalue weighted by Crippen LogP contribution is 2.33. The van der Waals surface area contributed by atoms with Gasteiger partial charge in [-0.25, -0.2) is 0 Å². The van der Waals surface area contributed by atoms with Crippen molar-refractivity contribution < 1.29 is 9.72 Å². The first-order valence-electron chi connectivity index (χ1n) is 9.60. The molecule has 2 aliphatic rings. The molecule has 8 heteroatoms. The molecule has 2 aromatic rings. The molecule has 0 spiro atoms. The fourth-order valence-corrected chi connectivity index (χ4v) is 4.01. The van der Waals surface area contributed by atoms with Crippen LogP contribution in [-0.2, 0) is 0 Å². The van der Waals surface area contributed by atoms with E-state index in [1.165, 1.54) is 6.07 Å². The second kappa shape index (κ2) is 7.93. The normalized spacial score (nSPS) is 19.6. The minimum Gasteiger partial charge on any atom is -0.366 e. The first-order valence-corrected chi connectivity index (χ1v) is 9.60. The van der Waals surface area contributed by atoms with Crippen LogP contribution in [0.2, 0.25) is 0 Å². The van der Waals surface area contributed by atoms with Gasteiger partial charge in [0.05, 0.1) is 11.0 Å². The van der Waals surface area contributed by atoms with Crippen LogP contribution in [0.3, 0.4) is 0 Å². The van der Waals surface area contributed by atoms with Crippen LogP contribution >= 0.6 is 0 Å². The predicted octanol–water partition coefficient (Wildman–Crippen LogP) is 2.38. The van der Waals surface area contributed by atoms with Crippen molar-refractivity contribution in [3.63, 3.8) is 0 Å². The van der Waals surface area contributed by atoms with Gasteiger partial charge in [0.15, 0.2) is 0 Å². The third-order valence-electron chi connectivity index (χ3n) is 5.44. The minimum absolute atomic E-state index is 0.000752. The molecule has 0 aliphatic carbocycles. The summed E-state index contributed by atoms with van der Waals surface area (Å²) in [6, 6.07) is 8.51. The lowest BCUT2D eigenvalue weighted by Gasteiger charge is -2.36. The highest BCUT2D eigenvalue weighted by molar-refractivity contribution is 5.96. The van der Waals surface area contributed by atoms with Gasteiger partial charge in [-0.15, -0.1) is 0 Å². The van der Waals surface area contributed by atoms with Gasteiger partial charge in [0, 0.05) is 56.7 Å². The lowest BCUT2D eigenvalue weighted by Crippen LogP contribution is -2.48. The second-order valence-corrected chi connectivity index (χ2v) is 7.16. The zero-order chi connectivity index (χ0) is 19.5. The Morgan fingerprint density at radius 2 is 2.04 bits per heavy atom. The summed E-state index contributed by atoms with van der Waals surface area (Å²) in [5.41, 5.74) is 1.90. The zero-order valence-corrected chi connectivity index (χ0v) is 15.6. The number of benzene rings is 1. The summed E-state index contributed by atoms with van der Waals surface area (Å²) >= 11 is 0. The molecule has 2 saturated heterocycles. The average molecular weight is 381 g/mol. The largest absolute Gasteiger partial charge is 0.366 e. The van der Waals surface area contributed by atoms with Gasteiger partial charge < -0.3 is 15.1 Å². The Morgan fingerprint density at radius 1 is 1.21 bits per heavy atom. The van der Waals surface area contributed by atoms with Gasteiger partial charge in [0.2, 0.25) is 0 Å². The summed E-state index contributed by atoms with van der Waals surface area (Å²) in [5.74, 6) is -0.188. The van der Waals surface area contributed by atoms with Crippen molar-refractivity contribution in [1.82, 2.24) is 15.2 Å². The number of nitro benzene ring substituents is 1. The van der Waals surface area contributed by atoms with E-state index < -0.39 is 0 Å². The molecular weight excluding hydrogens is 358 g/mol. The summed E-state index contributed by atoms with van der Waals surface area (Å²) in [6.45, 7) is 3.49. The van der Waals surface area contributed by atoms with Crippen LogP contribution in [0.4, 0.5) is 11.4 Å². The molecule has 3 heterocycles. The van der Waals surface area contributed by atoms with Crippen molar-refractivity contribution in [2.75, 3.05) is 37.6 Å². The third-order valence-corrected chi connectivity index (χ3v) is 5.44. The van der Waals surface area contributed by atoms with Crippen LogP contribution in [0, 0.1) is 10.1 Å². The SMILES string of the molecule is O=C(c1ccc(N2CCCC2)c([N+](=O)[O-])c1)N1CCNCC1c1cccnc1. The molecule has 1 atom stereocenters. The topological polar surface area (TPSA) is 91.6 Å². The molecule has 1 unspecified atom stereocenters. The van der Waals surface area contributed by atoms with E-state index in [0.29, 0.717) is 30.9 Å². The molecular formula is C20H23N5O3. The molecule has 2 fully saturated rings. The van der Waals surface area contributed by atoms with Crippen molar-refractivity contribution in [2.24, 2.45) is 0 Å². The van der Waals surface area contributed by atoms with Crippen molar-refractivity contribution >= 4 is 17.3 Å². The Kier molecular flexibility index (Phi) is 5.21. The Labute approximate surface area is 163 Å². The maximum absolute atomic E-state index is 13.2. The highest BCUT2D eigenvalue weighted by atomic mass is 16.6. The van der Waals surface area contributed by atoms with E-state index in [4.69, 9.17) is 0 Å². The molecule has 28 heavy (non-hydrogen) atoms. The van der Waals surface area contributed by atoms with Crippen LogP contribution in [0.15, 0.2) is 42.7 Å². The molecule has 4 rings (SSSR count). The summed E-state index contributed by atoms with van der Waals surface area (Å²) in [5, 5.41) is 15.0. The monoisotopic (exact) mass is 381 g/mol. The first kappa shape index (κ1) is 18.4. The maximum atomic E-state index is 13.2. The minimum atomic E-state index is -0.388. The molecule has 2 aliphatic heterocycles. The molecule has 1 aromatic carbocycles.